The molecule has 1 heterocycles. The topological polar surface area (TPSA) is 79.0 Å². The second-order valence-electron chi connectivity index (χ2n) is 3.53. The molecule has 0 aliphatic carbocycles. The number of hydrogen-bond acceptors (Lipinski definition) is 5. The molecule has 102 valence electrons. The highest BCUT2D eigenvalue weighted by molar-refractivity contribution is 7.80. The first kappa shape index (κ1) is 14.8. The number of amides is 2. The van der Waals surface area contributed by atoms with E-state index >= 15 is 0 Å². The van der Waals surface area contributed by atoms with Crippen molar-refractivity contribution in [2.45, 2.75) is 6.92 Å². The predicted octanol–water partition coefficient (Wildman–Crippen LogP) is -0.290. The van der Waals surface area contributed by atoms with Crippen LogP contribution in [0, 0.1) is 0 Å². The largest absolute Gasteiger partial charge is 0.464 e. The molecule has 0 aromatic heterocycles. The normalized spacial score (nSPS) is 15.4. The van der Waals surface area contributed by atoms with Gasteiger partial charge in [-0.15, -0.1) is 6.58 Å². The molecule has 7 nitrogen and oxygen atoms in total. The maximum atomic E-state index is 11.9. The molecular weight excluding hydrogens is 270 g/mol. The number of hydrazine groups is 1. The number of rotatable bonds is 3. The smallest absolute Gasteiger partial charge is 0.356 e. The minimum atomic E-state index is -0.820. The number of carbonyl (C=O) groups is 3. The molecule has 0 unspecified atom stereocenters. The summed E-state index contributed by atoms with van der Waals surface area (Å²) in [5.74, 6) is -1.87. The lowest BCUT2D eigenvalue weighted by molar-refractivity contribution is -0.142. The minimum Gasteiger partial charge on any atom is -0.464 e. The molecule has 0 aromatic rings. The Morgan fingerprint density at radius 1 is 1.58 bits per heavy atom. The van der Waals surface area contributed by atoms with Crippen molar-refractivity contribution in [1.29, 1.82) is 0 Å². The third kappa shape index (κ3) is 3.16. The Morgan fingerprint density at radius 2 is 2.21 bits per heavy atom. The lowest BCUT2D eigenvalue weighted by atomic mass is 10.3. The molecule has 8 heteroatoms. The summed E-state index contributed by atoms with van der Waals surface area (Å²) in [5.41, 5.74) is 2.28. The molecule has 1 aliphatic heterocycles. The summed E-state index contributed by atoms with van der Waals surface area (Å²) in [4.78, 5) is 36.2. The molecule has 1 rings (SSSR count). The van der Waals surface area contributed by atoms with Gasteiger partial charge in [-0.1, -0.05) is 6.08 Å². The second-order valence-corrected chi connectivity index (χ2v) is 3.92. The number of ether oxygens (including phenoxy) is 1. The molecule has 1 aliphatic rings. The molecule has 0 saturated carbocycles. The van der Waals surface area contributed by atoms with Crippen molar-refractivity contribution in [3.05, 3.63) is 24.4 Å². The predicted molar refractivity (Wildman–Crippen MR) is 70.3 cm³/mol. The molecule has 0 atom stereocenters. The Hall–Kier alpha value is -2.22. The fraction of sp³-hybridized carbons (Fsp3) is 0.273. The van der Waals surface area contributed by atoms with Gasteiger partial charge in [0.15, 0.2) is 10.8 Å². The zero-order chi connectivity index (χ0) is 14.6. The van der Waals surface area contributed by atoms with Crippen molar-refractivity contribution in [1.82, 2.24) is 15.3 Å². The van der Waals surface area contributed by atoms with Crippen molar-refractivity contribution in [2.24, 2.45) is 0 Å². The number of methoxy groups -OCH3 is 1. The van der Waals surface area contributed by atoms with Gasteiger partial charge in [0.05, 0.1) is 7.11 Å². The molecule has 19 heavy (non-hydrogen) atoms. The van der Waals surface area contributed by atoms with E-state index in [9.17, 15) is 14.4 Å². The zero-order valence-electron chi connectivity index (χ0n) is 10.5. The first-order chi connectivity index (χ1) is 8.92. The second kappa shape index (κ2) is 6.10. The number of thiocarbonyl (C=S) groups is 1. The van der Waals surface area contributed by atoms with Crippen LogP contribution in [0.1, 0.15) is 6.92 Å². The summed E-state index contributed by atoms with van der Waals surface area (Å²) >= 11 is 5.00. The van der Waals surface area contributed by atoms with E-state index < -0.39 is 17.8 Å². The zero-order valence-corrected chi connectivity index (χ0v) is 11.3. The number of hydrogen-bond donors (Lipinski definition) is 1. The fourth-order valence-electron chi connectivity index (χ4n) is 1.38. The summed E-state index contributed by atoms with van der Waals surface area (Å²) in [6, 6.07) is 0. The Labute approximate surface area is 115 Å². The highest BCUT2D eigenvalue weighted by atomic mass is 32.1. The van der Waals surface area contributed by atoms with Crippen LogP contribution in [0.2, 0.25) is 0 Å². The molecule has 0 radical (unpaired) electrons. The molecule has 0 aromatic carbocycles. The highest BCUT2D eigenvalue weighted by Gasteiger charge is 2.30. The van der Waals surface area contributed by atoms with Crippen molar-refractivity contribution in [3.8, 4) is 0 Å². The van der Waals surface area contributed by atoms with Crippen LogP contribution in [0.15, 0.2) is 24.4 Å². The SMILES string of the molecule is C=CCN1C(=O)C=C(C(=O)OC)N(C(C)=O)NC1=S. The van der Waals surface area contributed by atoms with Crippen LogP contribution in [0.4, 0.5) is 0 Å². The van der Waals surface area contributed by atoms with E-state index in [0.717, 1.165) is 23.1 Å². The van der Waals surface area contributed by atoms with Crippen LogP contribution in [-0.2, 0) is 19.1 Å². The van der Waals surface area contributed by atoms with Gasteiger partial charge in [-0.2, -0.15) is 0 Å². The van der Waals surface area contributed by atoms with Crippen LogP contribution in [0.5, 0.6) is 0 Å². The summed E-state index contributed by atoms with van der Waals surface area (Å²) in [7, 11) is 1.15. The van der Waals surface area contributed by atoms with Crippen molar-refractivity contribution in [2.75, 3.05) is 13.7 Å². The van der Waals surface area contributed by atoms with Gasteiger partial charge in [0, 0.05) is 19.5 Å². The number of nitrogens with zero attached hydrogens (tertiary/aromatic N) is 2. The van der Waals surface area contributed by atoms with E-state index in [-0.39, 0.29) is 17.4 Å². The average molecular weight is 283 g/mol. The van der Waals surface area contributed by atoms with E-state index in [1.54, 1.807) is 0 Å². The monoisotopic (exact) mass is 283 g/mol. The maximum absolute atomic E-state index is 11.9. The Kier molecular flexibility index (Phi) is 4.76. The van der Waals surface area contributed by atoms with E-state index in [0.29, 0.717) is 0 Å². The van der Waals surface area contributed by atoms with E-state index in [1.165, 1.54) is 13.0 Å². The van der Waals surface area contributed by atoms with E-state index in [4.69, 9.17) is 12.2 Å². The first-order valence-corrected chi connectivity index (χ1v) is 5.67. The van der Waals surface area contributed by atoms with E-state index in [1.807, 2.05) is 0 Å². The van der Waals surface area contributed by atoms with Gasteiger partial charge in [0.1, 0.15) is 0 Å². The van der Waals surface area contributed by atoms with Crippen LogP contribution >= 0.6 is 12.2 Å². The van der Waals surface area contributed by atoms with Gasteiger partial charge < -0.3 is 4.74 Å². The third-order valence-electron chi connectivity index (χ3n) is 2.24. The van der Waals surface area contributed by atoms with Crippen molar-refractivity contribution < 1.29 is 19.1 Å². The fourth-order valence-corrected chi connectivity index (χ4v) is 1.64. The maximum Gasteiger partial charge on any atom is 0.356 e. The number of carbonyl (C=O) groups excluding carboxylic acids is 3. The van der Waals surface area contributed by atoms with Crippen molar-refractivity contribution >= 4 is 35.1 Å². The van der Waals surface area contributed by atoms with E-state index in [2.05, 4.69) is 16.7 Å². The molecular formula is C11H13N3O4S. The first-order valence-electron chi connectivity index (χ1n) is 5.26. The van der Waals surface area contributed by atoms with Crippen LogP contribution in [0.25, 0.3) is 0 Å². The number of nitrogens with one attached hydrogen (secondary N) is 1. The van der Waals surface area contributed by atoms with Gasteiger partial charge in [-0.25, -0.2) is 9.80 Å². The van der Waals surface area contributed by atoms with Gasteiger partial charge in [-0.05, 0) is 12.2 Å². The lowest BCUT2D eigenvalue weighted by Crippen LogP contribution is -2.50. The highest BCUT2D eigenvalue weighted by Crippen LogP contribution is 2.11. The molecule has 2 amide bonds. The van der Waals surface area contributed by atoms with Crippen LogP contribution < -0.4 is 5.43 Å². The molecule has 0 saturated heterocycles. The van der Waals surface area contributed by atoms with Gasteiger partial charge in [0.2, 0.25) is 5.91 Å². The lowest BCUT2D eigenvalue weighted by Gasteiger charge is -2.24. The van der Waals surface area contributed by atoms with Crippen molar-refractivity contribution in [3.63, 3.8) is 0 Å². The van der Waals surface area contributed by atoms with Crippen LogP contribution in [-0.4, -0.2) is 46.5 Å². The van der Waals surface area contributed by atoms with Gasteiger partial charge in [0.25, 0.3) is 5.91 Å². The summed E-state index contributed by atoms with van der Waals surface area (Å²) in [6.45, 7) is 4.88. The minimum absolute atomic E-state index is 0.00440. The Morgan fingerprint density at radius 3 is 2.68 bits per heavy atom. The third-order valence-corrected chi connectivity index (χ3v) is 2.55. The number of esters is 1. The van der Waals surface area contributed by atoms with Crippen LogP contribution in [0.3, 0.4) is 0 Å². The van der Waals surface area contributed by atoms with Gasteiger partial charge in [-0.3, -0.25) is 19.9 Å². The standard InChI is InChI=1S/C11H13N3O4S/c1-4-5-13-9(16)6-8(10(17)18-3)14(7(2)15)12-11(13)19/h4,6H,1,5H2,2-3H3,(H,12,19). The molecule has 0 spiro atoms. The Balaban J connectivity index is 3.23. The quantitative estimate of drug-likeness (QED) is 0.435. The Bertz CT molecular complexity index is 486. The summed E-state index contributed by atoms with van der Waals surface area (Å²) in [6.07, 6.45) is 2.46. The van der Waals surface area contributed by atoms with Gasteiger partial charge >= 0.3 is 5.97 Å². The molecule has 0 bridgehead atoms. The average Bonchev–Trinajstić information content (AvgIpc) is 2.49. The summed E-state index contributed by atoms with van der Waals surface area (Å²) in [5, 5.41) is 0.866. The molecule has 1 N–H and O–H groups in total. The molecule has 0 fully saturated rings. The summed E-state index contributed by atoms with van der Waals surface area (Å²) < 4.78 is 4.53.